The summed E-state index contributed by atoms with van der Waals surface area (Å²) in [5.41, 5.74) is 1.53. The van der Waals surface area contributed by atoms with Gasteiger partial charge in [-0.3, -0.25) is 0 Å². The Morgan fingerprint density at radius 3 is 2.50 bits per heavy atom. The Labute approximate surface area is 65.3 Å². The van der Waals surface area contributed by atoms with E-state index in [9.17, 15) is 0 Å². The van der Waals surface area contributed by atoms with Crippen LogP contribution in [0, 0.1) is 5.92 Å². The molecule has 1 atom stereocenters. The van der Waals surface area contributed by atoms with Crippen molar-refractivity contribution in [3.05, 3.63) is 11.6 Å². The Balaban J connectivity index is 3.35. The van der Waals surface area contributed by atoms with E-state index in [4.69, 9.17) is 0 Å². The lowest BCUT2D eigenvalue weighted by Crippen LogP contribution is -1.91. The van der Waals surface area contributed by atoms with Crippen molar-refractivity contribution in [2.75, 3.05) is 0 Å². The van der Waals surface area contributed by atoms with Gasteiger partial charge in [-0.05, 0) is 32.6 Å². The average Bonchev–Trinajstić information content (AvgIpc) is 1.99. The van der Waals surface area contributed by atoms with Gasteiger partial charge in [0.25, 0.3) is 0 Å². The van der Waals surface area contributed by atoms with E-state index in [1.165, 1.54) is 24.8 Å². The molecule has 0 saturated heterocycles. The van der Waals surface area contributed by atoms with Gasteiger partial charge in [-0.15, -0.1) is 0 Å². The third-order valence-corrected chi connectivity index (χ3v) is 2.22. The standard InChI is InChI=1S/C10H20/c1-5-9(3)7-8-10(4)6-2/h5,10H,6-8H2,1-4H3/b9-5-. The van der Waals surface area contributed by atoms with Crippen LogP contribution in [0.3, 0.4) is 0 Å². The highest BCUT2D eigenvalue weighted by atomic mass is 14.0. The van der Waals surface area contributed by atoms with Gasteiger partial charge in [0.1, 0.15) is 0 Å². The van der Waals surface area contributed by atoms with E-state index in [1.54, 1.807) is 0 Å². The fourth-order valence-electron chi connectivity index (χ4n) is 0.823. The van der Waals surface area contributed by atoms with E-state index >= 15 is 0 Å². The molecule has 0 saturated carbocycles. The van der Waals surface area contributed by atoms with Crippen LogP contribution in [-0.2, 0) is 0 Å². The van der Waals surface area contributed by atoms with Gasteiger partial charge in [0.2, 0.25) is 0 Å². The molecule has 0 heterocycles. The van der Waals surface area contributed by atoms with Crippen LogP contribution in [-0.4, -0.2) is 0 Å². The molecule has 1 unspecified atom stereocenters. The van der Waals surface area contributed by atoms with Crippen molar-refractivity contribution in [3.63, 3.8) is 0 Å². The lowest BCUT2D eigenvalue weighted by molar-refractivity contribution is 0.515. The van der Waals surface area contributed by atoms with Gasteiger partial charge in [0.15, 0.2) is 0 Å². The first kappa shape index (κ1) is 9.74. The molecule has 0 aliphatic heterocycles. The number of hydrogen-bond donors (Lipinski definition) is 0. The zero-order chi connectivity index (χ0) is 7.98. The zero-order valence-corrected chi connectivity index (χ0v) is 7.78. The van der Waals surface area contributed by atoms with Gasteiger partial charge < -0.3 is 0 Å². The summed E-state index contributed by atoms with van der Waals surface area (Å²) in [7, 11) is 0. The molecular formula is C10H20. The molecule has 0 nitrogen and oxygen atoms in total. The quantitative estimate of drug-likeness (QED) is 0.521. The molecule has 0 rings (SSSR count). The molecule has 0 amide bonds. The van der Waals surface area contributed by atoms with E-state index in [0.717, 1.165) is 5.92 Å². The molecular weight excluding hydrogens is 120 g/mol. The van der Waals surface area contributed by atoms with Crippen molar-refractivity contribution in [1.82, 2.24) is 0 Å². The second-order valence-electron chi connectivity index (χ2n) is 3.19. The van der Waals surface area contributed by atoms with Gasteiger partial charge >= 0.3 is 0 Å². The molecule has 0 spiro atoms. The molecule has 0 N–H and O–H groups in total. The topological polar surface area (TPSA) is 0 Å². The molecule has 0 aromatic rings. The minimum atomic E-state index is 0.898. The Morgan fingerprint density at radius 1 is 1.50 bits per heavy atom. The summed E-state index contributed by atoms with van der Waals surface area (Å²) >= 11 is 0. The second kappa shape index (κ2) is 5.52. The van der Waals surface area contributed by atoms with Gasteiger partial charge in [0, 0.05) is 0 Å². The van der Waals surface area contributed by atoms with Crippen LogP contribution in [0.5, 0.6) is 0 Å². The SMILES string of the molecule is C/C=C(/C)CCC(C)CC. The third kappa shape index (κ3) is 4.60. The zero-order valence-electron chi connectivity index (χ0n) is 7.78. The van der Waals surface area contributed by atoms with Crippen LogP contribution in [0.1, 0.15) is 47.0 Å². The fourth-order valence-corrected chi connectivity index (χ4v) is 0.823. The van der Waals surface area contributed by atoms with Crippen LogP contribution in [0.15, 0.2) is 11.6 Å². The van der Waals surface area contributed by atoms with Gasteiger partial charge in [-0.25, -0.2) is 0 Å². The van der Waals surface area contributed by atoms with Crippen molar-refractivity contribution in [2.45, 2.75) is 47.0 Å². The minimum absolute atomic E-state index is 0.898. The van der Waals surface area contributed by atoms with Gasteiger partial charge in [-0.1, -0.05) is 31.9 Å². The Kier molecular flexibility index (Phi) is 5.38. The third-order valence-electron chi connectivity index (χ3n) is 2.22. The second-order valence-corrected chi connectivity index (χ2v) is 3.19. The first-order chi connectivity index (χ1) is 4.70. The molecule has 10 heavy (non-hydrogen) atoms. The maximum atomic E-state index is 2.32. The van der Waals surface area contributed by atoms with E-state index in [0.29, 0.717) is 0 Å². The first-order valence-electron chi connectivity index (χ1n) is 4.32. The number of rotatable bonds is 4. The predicted octanol–water partition coefficient (Wildman–Crippen LogP) is 3.78. The monoisotopic (exact) mass is 140 g/mol. The average molecular weight is 140 g/mol. The van der Waals surface area contributed by atoms with Crippen LogP contribution in [0.2, 0.25) is 0 Å². The summed E-state index contributed by atoms with van der Waals surface area (Å²) in [5.74, 6) is 0.898. The minimum Gasteiger partial charge on any atom is -0.0887 e. The summed E-state index contributed by atoms with van der Waals surface area (Å²) < 4.78 is 0. The van der Waals surface area contributed by atoms with Gasteiger partial charge in [-0.2, -0.15) is 0 Å². The van der Waals surface area contributed by atoms with E-state index in [-0.39, 0.29) is 0 Å². The largest absolute Gasteiger partial charge is 0.0887 e. The number of hydrogen-bond acceptors (Lipinski definition) is 0. The lowest BCUT2D eigenvalue weighted by atomic mass is 10.00. The Morgan fingerprint density at radius 2 is 2.10 bits per heavy atom. The van der Waals surface area contributed by atoms with Crippen molar-refractivity contribution in [3.8, 4) is 0 Å². The van der Waals surface area contributed by atoms with Crippen LogP contribution in [0.4, 0.5) is 0 Å². The fraction of sp³-hybridized carbons (Fsp3) is 0.800. The summed E-state index contributed by atoms with van der Waals surface area (Å²) in [6.45, 7) is 8.91. The highest BCUT2D eigenvalue weighted by Gasteiger charge is 1.97. The van der Waals surface area contributed by atoms with Crippen molar-refractivity contribution in [2.24, 2.45) is 5.92 Å². The molecule has 0 heteroatoms. The molecule has 0 aromatic heterocycles. The van der Waals surface area contributed by atoms with Crippen molar-refractivity contribution in [1.29, 1.82) is 0 Å². The molecule has 0 fully saturated rings. The Bertz CT molecular complexity index is 101. The molecule has 0 radical (unpaired) electrons. The van der Waals surface area contributed by atoms with Crippen LogP contribution in [0.25, 0.3) is 0 Å². The Hall–Kier alpha value is -0.260. The van der Waals surface area contributed by atoms with E-state index in [2.05, 4.69) is 33.8 Å². The summed E-state index contributed by atoms with van der Waals surface area (Å²) in [6, 6.07) is 0. The van der Waals surface area contributed by atoms with Crippen LogP contribution >= 0.6 is 0 Å². The highest BCUT2D eigenvalue weighted by Crippen LogP contribution is 2.13. The molecule has 0 aliphatic carbocycles. The summed E-state index contributed by atoms with van der Waals surface area (Å²) in [5, 5.41) is 0. The van der Waals surface area contributed by atoms with Crippen LogP contribution < -0.4 is 0 Å². The molecule has 0 aliphatic rings. The summed E-state index contributed by atoms with van der Waals surface area (Å²) in [4.78, 5) is 0. The van der Waals surface area contributed by atoms with E-state index < -0.39 is 0 Å². The van der Waals surface area contributed by atoms with Gasteiger partial charge in [0.05, 0.1) is 0 Å². The molecule has 60 valence electrons. The molecule has 0 bridgehead atoms. The summed E-state index contributed by atoms with van der Waals surface area (Å²) in [6.07, 6.45) is 6.16. The maximum absolute atomic E-state index is 2.32. The van der Waals surface area contributed by atoms with Crippen molar-refractivity contribution < 1.29 is 0 Å². The maximum Gasteiger partial charge on any atom is -0.0321 e. The molecule has 0 aromatic carbocycles. The predicted molar refractivity (Wildman–Crippen MR) is 48.1 cm³/mol. The lowest BCUT2D eigenvalue weighted by Gasteiger charge is -2.06. The first-order valence-corrected chi connectivity index (χ1v) is 4.32. The normalized spacial score (nSPS) is 15.4. The number of allylic oxidation sites excluding steroid dienone is 2. The van der Waals surface area contributed by atoms with Crippen molar-refractivity contribution >= 4 is 0 Å². The smallest absolute Gasteiger partial charge is 0.0321 e. The van der Waals surface area contributed by atoms with E-state index in [1.807, 2.05) is 0 Å². The highest BCUT2D eigenvalue weighted by molar-refractivity contribution is 4.95.